The third-order valence-electron chi connectivity index (χ3n) is 5.75. The first-order valence-electron chi connectivity index (χ1n) is 10.3. The first-order chi connectivity index (χ1) is 14.6. The Kier molecular flexibility index (Phi) is 4.54. The normalized spacial score (nSPS) is 14.1. The van der Waals surface area contributed by atoms with E-state index in [9.17, 15) is 4.79 Å². The van der Waals surface area contributed by atoms with Gasteiger partial charge >= 0.3 is 0 Å². The Labute approximate surface area is 175 Å². The van der Waals surface area contributed by atoms with Crippen LogP contribution in [0.25, 0.3) is 27.9 Å². The maximum Gasteiger partial charge on any atom is 0.227 e. The molecule has 1 amide bonds. The highest BCUT2D eigenvalue weighted by Crippen LogP contribution is 2.30. The number of anilines is 1. The summed E-state index contributed by atoms with van der Waals surface area (Å²) in [5.74, 6) is 0.202. The van der Waals surface area contributed by atoms with Gasteiger partial charge < -0.3 is 4.90 Å². The van der Waals surface area contributed by atoms with E-state index in [4.69, 9.17) is 4.98 Å². The molecule has 1 aromatic carbocycles. The van der Waals surface area contributed by atoms with Crippen LogP contribution in [0.1, 0.15) is 31.0 Å². The molecule has 0 N–H and O–H groups in total. The van der Waals surface area contributed by atoms with Crippen LogP contribution in [0.2, 0.25) is 0 Å². The summed E-state index contributed by atoms with van der Waals surface area (Å²) >= 11 is 0. The fourth-order valence-corrected chi connectivity index (χ4v) is 4.10. The number of pyridine rings is 1. The van der Waals surface area contributed by atoms with Crippen molar-refractivity contribution in [3.63, 3.8) is 0 Å². The highest BCUT2D eigenvalue weighted by Gasteiger charge is 2.21. The van der Waals surface area contributed by atoms with E-state index in [1.54, 1.807) is 0 Å². The van der Waals surface area contributed by atoms with Gasteiger partial charge in [0.25, 0.3) is 0 Å². The standard InChI is InChI=1S/C24H23N5O/c1-3-22-16(2)15-29-24(27-22)21(14-26-29)19-11-18(12-25-13-19)17-6-8-20(9-7-17)28-10-4-5-23(28)30/h6-9,11-15H,3-5,10H2,1-2H3. The number of fused-ring (bicyclic) bond motifs is 1. The van der Waals surface area contributed by atoms with Crippen molar-refractivity contribution in [2.24, 2.45) is 0 Å². The maximum absolute atomic E-state index is 12.0. The highest BCUT2D eigenvalue weighted by atomic mass is 16.2. The van der Waals surface area contributed by atoms with Crippen LogP contribution in [0, 0.1) is 6.92 Å². The topological polar surface area (TPSA) is 63.4 Å². The lowest BCUT2D eigenvalue weighted by atomic mass is 10.0. The van der Waals surface area contributed by atoms with Crippen molar-refractivity contribution < 1.29 is 4.79 Å². The summed E-state index contributed by atoms with van der Waals surface area (Å²) < 4.78 is 1.83. The van der Waals surface area contributed by atoms with Crippen molar-refractivity contribution in [1.82, 2.24) is 19.6 Å². The van der Waals surface area contributed by atoms with Crippen LogP contribution in [0.15, 0.2) is 55.1 Å². The first-order valence-corrected chi connectivity index (χ1v) is 10.3. The molecule has 30 heavy (non-hydrogen) atoms. The number of aromatic nitrogens is 4. The molecule has 1 fully saturated rings. The zero-order valence-corrected chi connectivity index (χ0v) is 17.2. The number of carbonyl (C=O) groups excluding carboxylic acids is 1. The molecule has 3 aromatic heterocycles. The molecule has 5 rings (SSSR count). The fraction of sp³-hybridized carbons (Fsp3) is 0.250. The molecule has 0 spiro atoms. The number of nitrogens with zero attached hydrogens (tertiary/aromatic N) is 5. The van der Waals surface area contributed by atoms with E-state index in [-0.39, 0.29) is 5.91 Å². The van der Waals surface area contributed by atoms with Crippen molar-refractivity contribution in [3.8, 4) is 22.3 Å². The van der Waals surface area contributed by atoms with Gasteiger partial charge in [-0.2, -0.15) is 5.10 Å². The maximum atomic E-state index is 12.0. The van der Waals surface area contributed by atoms with E-state index >= 15 is 0 Å². The van der Waals surface area contributed by atoms with Crippen molar-refractivity contribution in [2.75, 3.05) is 11.4 Å². The van der Waals surface area contributed by atoms with E-state index in [0.717, 1.165) is 64.2 Å². The molecule has 0 saturated carbocycles. The molecule has 0 atom stereocenters. The monoisotopic (exact) mass is 397 g/mol. The van der Waals surface area contributed by atoms with Gasteiger partial charge in [0.2, 0.25) is 5.91 Å². The van der Waals surface area contributed by atoms with Crippen LogP contribution in [0.3, 0.4) is 0 Å². The van der Waals surface area contributed by atoms with Crippen molar-refractivity contribution >= 4 is 17.2 Å². The van der Waals surface area contributed by atoms with Gasteiger partial charge in [-0.05, 0) is 49.1 Å². The van der Waals surface area contributed by atoms with Crippen molar-refractivity contribution in [3.05, 3.63) is 66.4 Å². The summed E-state index contributed by atoms with van der Waals surface area (Å²) in [7, 11) is 0. The van der Waals surface area contributed by atoms with Crippen LogP contribution < -0.4 is 4.90 Å². The number of carbonyl (C=O) groups is 1. The summed E-state index contributed by atoms with van der Waals surface area (Å²) in [5.41, 5.74) is 8.07. The van der Waals surface area contributed by atoms with Gasteiger partial charge in [-0.15, -0.1) is 0 Å². The quantitative estimate of drug-likeness (QED) is 0.510. The van der Waals surface area contributed by atoms with E-state index in [1.807, 2.05) is 46.3 Å². The lowest BCUT2D eigenvalue weighted by Crippen LogP contribution is -2.23. The van der Waals surface area contributed by atoms with Crippen LogP contribution in [0.4, 0.5) is 5.69 Å². The van der Waals surface area contributed by atoms with Crippen LogP contribution in [-0.2, 0) is 11.2 Å². The fourth-order valence-electron chi connectivity index (χ4n) is 4.10. The molecule has 4 aromatic rings. The van der Waals surface area contributed by atoms with Crippen LogP contribution >= 0.6 is 0 Å². The average molecular weight is 397 g/mol. The third kappa shape index (κ3) is 3.14. The predicted molar refractivity (Wildman–Crippen MR) is 117 cm³/mol. The van der Waals surface area contributed by atoms with E-state index in [0.29, 0.717) is 6.42 Å². The van der Waals surface area contributed by atoms with Crippen LogP contribution in [0.5, 0.6) is 0 Å². The molecule has 6 nitrogen and oxygen atoms in total. The Bertz CT molecular complexity index is 1240. The molecule has 1 aliphatic heterocycles. The van der Waals surface area contributed by atoms with Gasteiger partial charge in [-0.3, -0.25) is 9.78 Å². The molecule has 0 radical (unpaired) electrons. The van der Waals surface area contributed by atoms with Gasteiger partial charge in [0.15, 0.2) is 5.65 Å². The van der Waals surface area contributed by atoms with Crippen molar-refractivity contribution in [2.45, 2.75) is 33.1 Å². The van der Waals surface area contributed by atoms with Gasteiger partial charge in [-0.25, -0.2) is 9.50 Å². The zero-order chi connectivity index (χ0) is 20.7. The molecule has 6 heteroatoms. The number of benzene rings is 1. The Morgan fingerprint density at radius 2 is 1.83 bits per heavy atom. The molecular weight excluding hydrogens is 374 g/mol. The Morgan fingerprint density at radius 1 is 1.03 bits per heavy atom. The second kappa shape index (κ2) is 7.37. The number of aryl methyl sites for hydroxylation is 2. The second-order valence-corrected chi connectivity index (χ2v) is 7.71. The molecule has 1 aliphatic rings. The highest BCUT2D eigenvalue weighted by molar-refractivity contribution is 5.95. The summed E-state index contributed by atoms with van der Waals surface area (Å²) in [6, 6.07) is 10.2. The molecule has 0 bridgehead atoms. The Balaban J connectivity index is 1.50. The predicted octanol–water partition coefficient (Wildman–Crippen LogP) is 4.46. The lowest BCUT2D eigenvalue weighted by molar-refractivity contribution is -0.117. The molecule has 150 valence electrons. The molecule has 4 heterocycles. The second-order valence-electron chi connectivity index (χ2n) is 7.71. The van der Waals surface area contributed by atoms with Crippen molar-refractivity contribution in [1.29, 1.82) is 0 Å². The summed E-state index contributed by atoms with van der Waals surface area (Å²) in [4.78, 5) is 23.1. The molecule has 0 unspecified atom stereocenters. The Morgan fingerprint density at radius 3 is 2.57 bits per heavy atom. The van der Waals surface area contributed by atoms with E-state index in [1.165, 1.54) is 0 Å². The Hall–Kier alpha value is -3.54. The van der Waals surface area contributed by atoms with Gasteiger partial charge in [0.05, 0.1) is 6.20 Å². The number of amides is 1. The average Bonchev–Trinajstić information content (AvgIpc) is 3.39. The summed E-state index contributed by atoms with van der Waals surface area (Å²) in [6.45, 7) is 4.98. The van der Waals surface area contributed by atoms with E-state index in [2.05, 4.69) is 42.1 Å². The van der Waals surface area contributed by atoms with E-state index < -0.39 is 0 Å². The largest absolute Gasteiger partial charge is 0.312 e. The summed E-state index contributed by atoms with van der Waals surface area (Å²) in [6.07, 6.45) is 10.0. The minimum Gasteiger partial charge on any atom is -0.312 e. The number of rotatable bonds is 4. The van der Waals surface area contributed by atoms with Gasteiger partial charge in [0.1, 0.15) is 0 Å². The minimum atomic E-state index is 0.202. The number of hydrogen-bond acceptors (Lipinski definition) is 4. The SMILES string of the molecule is CCc1nc2c(-c3cncc(-c4ccc(N5CCCC5=O)cc4)c3)cnn2cc1C. The zero-order valence-electron chi connectivity index (χ0n) is 17.2. The number of hydrogen-bond donors (Lipinski definition) is 0. The molecular formula is C24H23N5O. The van der Waals surface area contributed by atoms with Gasteiger partial charge in [-0.1, -0.05) is 19.1 Å². The third-order valence-corrected chi connectivity index (χ3v) is 5.75. The van der Waals surface area contributed by atoms with Gasteiger partial charge in [0, 0.05) is 59.6 Å². The molecule has 1 saturated heterocycles. The first kappa shape index (κ1) is 18.5. The lowest BCUT2D eigenvalue weighted by Gasteiger charge is -2.16. The van der Waals surface area contributed by atoms with Crippen LogP contribution in [-0.4, -0.2) is 32.0 Å². The minimum absolute atomic E-state index is 0.202. The summed E-state index contributed by atoms with van der Waals surface area (Å²) in [5, 5.41) is 4.49. The molecule has 0 aliphatic carbocycles. The smallest absolute Gasteiger partial charge is 0.227 e.